The quantitative estimate of drug-likeness (QED) is 0.671. The number of nitrogens with zero attached hydrogens (tertiary/aromatic N) is 5. The van der Waals surface area contributed by atoms with Crippen LogP contribution in [0.2, 0.25) is 0 Å². The highest BCUT2D eigenvalue weighted by Crippen LogP contribution is 2.47. The Morgan fingerprint density at radius 1 is 1.19 bits per heavy atom. The molecule has 0 N–H and O–H groups in total. The SMILES string of the molecule is CC1(C)N=C(c2cnc3c(C#N)cnn3c2)c2cccc(F)c2C1(F)F. The van der Waals surface area contributed by atoms with Crippen molar-refractivity contribution in [2.24, 2.45) is 4.99 Å². The third-order valence-corrected chi connectivity index (χ3v) is 4.49. The summed E-state index contributed by atoms with van der Waals surface area (Å²) in [5.41, 5.74) is -1.25. The lowest BCUT2D eigenvalue weighted by Gasteiger charge is -2.37. The molecule has 0 amide bonds. The van der Waals surface area contributed by atoms with Gasteiger partial charge in [-0.3, -0.25) is 4.99 Å². The van der Waals surface area contributed by atoms with Crippen molar-refractivity contribution >= 4 is 11.4 Å². The molecule has 0 unspecified atom stereocenters. The van der Waals surface area contributed by atoms with Crippen molar-refractivity contribution in [1.29, 1.82) is 5.26 Å². The number of fused-ring (bicyclic) bond motifs is 2. The highest BCUT2D eigenvalue weighted by atomic mass is 19.3. The summed E-state index contributed by atoms with van der Waals surface area (Å²) < 4.78 is 45.3. The van der Waals surface area contributed by atoms with Crippen LogP contribution >= 0.6 is 0 Å². The molecule has 0 saturated carbocycles. The number of alkyl halides is 2. The van der Waals surface area contributed by atoms with Crippen molar-refractivity contribution in [3.63, 3.8) is 0 Å². The van der Waals surface area contributed by atoms with Crippen molar-refractivity contribution in [3.05, 3.63) is 64.9 Å². The molecule has 5 nitrogen and oxygen atoms in total. The molecule has 0 aliphatic carbocycles. The fourth-order valence-corrected chi connectivity index (χ4v) is 3.05. The average molecular weight is 355 g/mol. The topological polar surface area (TPSA) is 66.3 Å². The number of aliphatic imine (C=N–C) groups is 1. The van der Waals surface area contributed by atoms with Crippen LogP contribution in [0.1, 0.15) is 36.1 Å². The molecule has 0 fully saturated rings. The first-order valence-corrected chi connectivity index (χ1v) is 7.77. The van der Waals surface area contributed by atoms with Gasteiger partial charge in [-0.05, 0) is 19.9 Å². The van der Waals surface area contributed by atoms with Gasteiger partial charge in [-0.2, -0.15) is 19.1 Å². The third-order valence-electron chi connectivity index (χ3n) is 4.49. The highest BCUT2D eigenvalue weighted by Gasteiger charge is 2.54. The molecule has 0 bridgehead atoms. The van der Waals surface area contributed by atoms with Gasteiger partial charge in [-0.15, -0.1) is 0 Å². The van der Waals surface area contributed by atoms with Gasteiger partial charge < -0.3 is 0 Å². The van der Waals surface area contributed by atoms with Gasteiger partial charge in [0.05, 0.1) is 17.5 Å². The van der Waals surface area contributed by atoms with E-state index in [1.165, 1.54) is 49.1 Å². The minimum Gasteiger partial charge on any atom is -0.271 e. The summed E-state index contributed by atoms with van der Waals surface area (Å²) in [5, 5.41) is 13.1. The molecule has 1 aromatic carbocycles. The number of nitriles is 1. The summed E-state index contributed by atoms with van der Waals surface area (Å²) in [4.78, 5) is 8.39. The second kappa shape index (κ2) is 5.14. The molecule has 0 saturated heterocycles. The second-order valence-corrected chi connectivity index (χ2v) is 6.54. The molecule has 1 aliphatic heterocycles. The number of hydrogen-bond donors (Lipinski definition) is 0. The van der Waals surface area contributed by atoms with E-state index in [-0.39, 0.29) is 11.3 Å². The minimum absolute atomic E-state index is 0.0168. The van der Waals surface area contributed by atoms with Crippen LogP contribution in [0.15, 0.2) is 41.8 Å². The van der Waals surface area contributed by atoms with Crippen LogP contribution < -0.4 is 0 Å². The first kappa shape index (κ1) is 16.3. The van der Waals surface area contributed by atoms with E-state index >= 15 is 0 Å². The normalized spacial score (nSPS) is 17.5. The molecule has 0 atom stereocenters. The van der Waals surface area contributed by atoms with Crippen LogP contribution in [0, 0.1) is 17.1 Å². The van der Waals surface area contributed by atoms with Gasteiger partial charge in [0.2, 0.25) is 0 Å². The molecule has 130 valence electrons. The Kier molecular flexibility index (Phi) is 3.22. The largest absolute Gasteiger partial charge is 0.300 e. The van der Waals surface area contributed by atoms with Gasteiger partial charge in [0.15, 0.2) is 5.65 Å². The van der Waals surface area contributed by atoms with Gasteiger partial charge in [-0.1, -0.05) is 12.1 Å². The second-order valence-electron chi connectivity index (χ2n) is 6.54. The van der Waals surface area contributed by atoms with E-state index in [4.69, 9.17) is 5.26 Å². The maximum absolute atomic E-state index is 14.8. The Labute approximate surface area is 146 Å². The number of halogens is 3. The van der Waals surface area contributed by atoms with Crippen molar-refractivity contribution in [2.75, 3.05) is 0 Å². The molecule has 3 heterocycles. The average Bonchev–Trinajstić information content (AvgIpc) is 3.00. The predicted octanol–water partition coefficient (Wildman–Crippen LogP) is 3.46. The van der Waals surface area contributed by atoms with E-state index in [1.54, 1.807) is 0 Å². The van der Waals surface area contributed by atoms with E-state index in [0.717, 1.165) is 6.07 Å². The fourth-order valence-electron chi connectivity index (χ4n) is 3.05. The molecule has 26 heavy (non-hydrogen) atoms. The third kappa shape index (κ3) is 2.07. The predicted molar refractivity (Wildman–Crippen MR) is 87.7 cm³/mol. The molecule has 0 radical (unpaired) electrons. The highest BCUT2D eigenvalue weighted by molar-refractivity contribution is 6.14. The Morgan fingerprint density at radius 3 is 2.69 bits per heavy atom. The van der Waals surface area contributed by atoms with Crippen molar-refractivity contribution in [2.45, 2.75) is 25.3 Å². The minimum atomic E-state index is -3.46. The summed E-state index contributed by atoms with van der Waals surface area (Å²) >= 11 is 0. The van der Waals surface area contributed by atoms with Crippen LogP contribution in [0.3, 0.4) is 0 Å². The van der Waals surface area contributed by atoms with Crippen molar-refractivity contribution in [3.8, 4) is 6.07 Å². The van der Waals surface area contributed by atoms with E-state index in [1.807, 2.05) is 6.07 Å². The molecule has 1 aliphatic rings. The molecular weight excluding hydrogens is 343 g/mol. The molecule has 8 heteroatoms. The molecule has 0 spiro atoms. The van der Waals surface area contributed by atoms with Crippen LogP contribution in [0.25, 0.3) is 5.65 Å². The lowest BCUT2D eigenvalue weighted by Crippen LogP contribution is -2.45. The van der Waals surface area contributed by atoms with Crippen LogP contribution in [-0.2, 0) is 5.92 Å². The maximum Gasteiger partial charge on any atom is 0.300 e. The number of benzene rings is 1. The van der Waals surface area contributed by atoms with Crippen LogP contribution in [0.4, 0.5) is 13.2 Å². The fraction of sp³-hybridized carbons (Fsp3) is 0.222. The summed E-state index contributed by atoms with van der Waals surface area (Å²) in [7, 11) is 0. The van der Waals surface area contributed by atoms with E-state index < -0.39 is 22.8 Å². The first-order valence-electron chi connectivity index (χ1n) is 7.77. The molecule has 4 rings (SSSR count). The number of aromatic nitrogens is 3. The lowest BCUT2D eigenvalue weighted by molar-refractivity contribution is -0.0710. The van der Waals surface area contributed by atoms with Crippen LogP contribution in [0.5, 0.6) is 0 Å². The Balaban J connectivity index is 1.99. The van der Waals surface area contributed by atoms with E-state index in [9.17, 15) is 13.2 Å². The summed E-state index contributed by atoms with van der Waals surface area (Å²) in [5.74, 6) is -4.44. The smallest absolute Gasteiger partial charge is 0.271 e. The van der Waals surface area contributed by atoms with Gasteiger partial charge in [0.1, 0.15) is 23.0 Å². The molecule has 3 aromatic rings. The van der Waals surface area contributed by atoms with Gasteiger partial charge in [-0.25, -0.2) is 13.9 Å². The van der Waals surface area contributed by atoms with Gasteiger partial charge in [0.25, 0.3) is 0 Å². The van der Waals surface area contributed by atoms with Crippen molar-refractivity contribution in [1.82, 2.24) is 14.6 Å². The monoisotopic (exact) mass is 355 g/mol. The van der Waals surface area contributed by atoms with Crippen molar-refractivity contribution < 1.29 is 13.2 Å². The molecule has 2 aromatic heterocycles. The maximum atomic E-state index is 14.8. The summed E-state index contributed by atoms with van der Waals surface area (Å²) in [6, 6.07) is 5.76. The van der Waals surface area contributed by atoms with Crippen LogP contribution in [-0.4, -0.2) is 25.8 Å². The number of hydrogen-bond acceptors (Lipinski definition) is 4. The Bertz CT molecular complexity index is 1120. The number of rotatable bonds is 1. The zero-order chi connectivity index (χ0) is 18.7. The zero-order valence-corrected chi connectivity index (χ0v) is 13.8. The molecular formula is C18H12F3N5. The van der Waals surface area contributed by atoms with Gasteiger partial charge >= 0.3 is 5.92 Å². The Hall–Kier alpha value is -3.21. The van der Waals surface area contributed by atoms with E-state index in [0.29, 0.717) is 16.8 Å². The van der Waals surface area contributed by atoms with Gasteiger partial charge in [0, 0.05) is 23.5 Å². The first-order chi connectivity index (χ1) is 12.3. The summed E-state index contributed by atoms with van der Waals surface area (Å²) in [6.07, 6.45) is 4.32. The zero-order valence-electron chi connectivity index (χ0n) is 13.8. The standard InChI is InChI=1S/C18H12F3N5/c1-17(2)18(20,21)14-12(4-3-5-13(14)19)15(25-17)11-7-23-16-10(6-22)8-24-26(16)9-11/h3-5,7-9H,1-2H3. The Morgan fingerprint density at radius 2 is 1.96 bits per heavy atom. The summed E-state index contributed by atoms with van der Waals surface area (Å²) in [6.45, 7) is 2.52. The van der Waals surface area contributed by atoms with E-state index in [2.05, 4.69) is 15.1 Å². The lowest BCUT2D eigenvalue weighted by atomic mass is 9.81.